The fourth-order valence-corrected chi connectivity index (χ4v) is 7.97. The molecule has 2 aliphatic heterocycles. The molecule has 0 spiro atoms. The number of aryl methyl sites for hydroxylation is 2. The molecule has 2 amide bonds. The van der Waals surface area contributed by atoms with Crippen LogP contribution in [0.3, 0.4) is 0 Å². The number of amides is 2. The number of nitrogens with zero attached hydrogens (tertiary/aromatic N) is 7. The molecule has 0 radical (unpaired) electrons. The third kappa shape index (κ3) is 4.28. The minimum absolute atomic E-state index is 0.0180. The molecule has 3 aromatic heterocycles. The summed E-state index contributed by atoms with van der Waals surface area (Å²) in [5, 5.41) is 5.52. The van der Waals surface area contributed by atoms with E-state index in [2.05, 4.69) is 45.5 Å². The van der Waals surface area contributed by atoms with Gasteiger partial charge in [-0.25, -0.2) is 4.98 Å². The molecule has 8 rings (SSSR count). The average Bonchev–Trinajstić information content (AvgIpc) is 3.81. The summed E-state index contributed by atoms with van der Waals surface area (Å²) in [4.78, 5) is 34.8. The minimum atomic E-state index is -0.0180. The number of nitrogens with two attached hydrogens (primary N) is 1. The average molecular weight is 607 g/mol. The van der Waals surface area contributed by atoms with E-state index < -0.39 is 0 Å². The van der Waals surface area contributed by atoms with Crippen molar-refractivity contribution in [3.8, 4) is 17.3 Å². The molecule has 45 heavy (non-hydrogen) atoms. The molecule has 5 aromatic rings. The number of piperidine rings is 1. The molecule has 2 N–H and O–H groups in total. The predicted molar refractivity (Wildman–Crippen MR) is 171 cm³/mol. The molecule has 3 fully saturated rings. The zero-order valence-electron chi connectivity index (χ0n) is 26.1. The first-order valence-electron chi connectivity index (χ1n) is 15.7. The van der Waals surface area contributed by atoms with E-state index in [1.807, 2.05) is 41.4 Å². The van der Waals surface area contributed by atoms with E-state index in [0.29, 0.717) is 35.8 Å². The van der Waals surface area contributed by atoms with Crippen LogP contribution in [0.2, 0.25) is 0 Å². The van der Waals surface area contributed by atoms with Crippen molar-refractivity contribution in [3.63, 3.8) is 0 Å². The quantitative estimate of drug-likeness (QED) is 0.316. The smallest absolute Gasteiger partial charge is 0.254 e. The molecule has 2 saturated heterocycles. The van der Waals surface area contributed by atoms with Gasteiger partial charge in [-0.2, -0.15) is 5.10 Å². The summed E-state index contributed by atoms with van der Waals surface area (Å²) < 4.78 is 12.1. The Hall–Kier alpha value is -4.64. The minimum Gasteiger partial charge on any atom is -0.494 e. The lowest BCUT2D eigenvalue weighted by atomic mass is 9.90. The number of aromatic nitrogens is 5. The molecule has 2 aromatic carbocycles. The van der Waals surface area contributed by atoms with Gasteiger partial charge in [-0.1, -0.05) is 18.2 Å². The Kier molecular flexibility index (Phi) is 6.32. The highest BCUT2D eigenvalue weighted by molar-refractivity contribution is 6.01. The van der Waals surface area contributed by atoms with Crippen molar-refractivity contribution in [2.45, 2.75) is 44.3 Å². The normalized spacial score (nSPS) is 21.3. The summed E-state index contributed by atoms with van der Waals surface area (Å²) in [7, 11) is 5.63. The second-order valence-corrected chi connectivity index (χ2v) is 13.0. The van der Waals surface area contributed by atoms with Crippen molar-refractivity contribution in [3.05, 3.63) is 65.5 Å². The number of imidazole rings is 1. The number of likely N-dealkylation sites (tertiary alicyclic amines) is 2. The van der Waals surface area contributed by atoms with Crippen LogP contribution < -0.4 is 10.5 Å². The number of hydrogen-bond acceptors (Lipinski definition) is 6. The van der Waals surface area contributed by atoms with Crippen molar-refractivity contribution in [1.82, 2.24) is 33.7 Å². The van der Waals surface area contributed by atoms with Crippen molar-refractivity contribution < 1.29 is 14.3 Å². The van der Waals surface area contributed by atoms with Crippen LogP contribution in [0.1, 0.15) is 47.2 Å². The second-order valence-electron chi connectivity index (χ2n) is 13.0. The molecule has 3 aliphatic rings. The molecule has 5 heterocycles. The SMILES string of the molecule is COc1cc(C(=O)N2C[C@H]3CC[C@@H]2[C@@H]3N)cc2nc(-c3cc4cccc(C5CN(C(C)=O)C5)c4n3C)n(Cc3cnn(C)c3)c12. The van der Waals surface area contributed by atoms with Crippen LogP contribution in [0, 0.1) is 5.92 Å². The maximum Gasteiger partial charge on any atom is 0.254 e. The number of benzene rings is 2. The largest absolute Gasteiger partial charge is 0.494 e. The molecule has 1 saturated carbocycles. The van der Waals surface area contributed by atoms with Gasteiger partial charge < -0.3 is 29.4 Å². The molecule has 0 unspecified atom stereocenters. The number of rotatable bonds is 6. The van der Waals surface area contributed by atoms with E-state index in [4.69, 9.17) is 15.5 Å². The molecule has 1 aliphatic carbocycles. The second kappa shape index (κ2) is 10.2. The highest BCUT2D eigenvalue weighted by atomic mass is 16.5. The van der Waals surface area contributed by atoms with Gasteiger partial charge in [-0.3, -0.25) is 14.3 Å². The summed E-state index contributed by atoms with van der Waals surface area (Å²) >= 11 is 0. The van der Waals surface area contributed by atoms with Crippen LogP contribution in [0.4, 0.5) is 0 Å². The van der Waals surface area contributed by atoms with Gasteiger partial charge >= 0.3 is 0 Å². The van der Waals surface area contributed by atoms with Gasteiger partial charge in [0.1, 0.15) is 11.3 Å². The topological polar surface area (TPSA) is 116 Å². The number of hydrogen-bond donors (Lipinski definition) is 1. The Morgan fingerprint density at radius 3 is 2.56 bits per heavy atom. The number of carbonyl (C=O) groups is 2. The van der Waals surface area contributed by atoms with Crippen molar-refractivity contribution >= 4 is 33.8 Å². The van der Waals surface area contributed by atoms with Gasteiger partial charge in [0.25, 0.3) is 5.91 Å². The summed E-state index contributed by atoms with van der Waals surface area (Å²) in [6, 6.07) is 12.5. The fourth-order valence-electron chi connectivity index (χ4n) is 7.97. The van der Waals surface area contributed by atoms with Gasteiger partial charge in [0.05, 0.1) is 36.6 Å². The Morgan fingerprint density at radius 1 is 1.07 bits per heavy atom. The van der Waals surface area contributed by atoms with E-state index in [-0.39, 0.29) is 29.8 Å². The summed E-state index contributed by atoms with van der Waals surface area (Å²) in [6.07, 6.45) is 5.91. The predicted octanol–water partition coefficient (Wildman–Crippen LogP) is 3.49. The van der Waals surface area contributed by atoms with E-state index in [1.165, 1.54) is 5.56 Å². The lowest BCUT2D eigenvalue weighted by Gasteiger charge is -2.39. The summed E-state index contributed by atoms with van der Waals surface area (Å²) in [5.41, 5.74) is 12.9. The maximum absolute atomic E-state index is 13.9. The first-order valence-corrected chi connectivity index (χ1v) is 15.7. The van der Waals surface area contributed by atoms with Crippen molar-refractivity contribution in [2.24, 2.45) is 25.7 Å². The number of carbonyl (C=O) groups excluding carboxylic acids is 2. The van der Waals surface area contributed by atoms with Crippen molar-refractivity contribution in [2.75, 3.05) is 26.7 Å². The number of ether oxygens (including phenoxy) is 1. The molecule has 11 nitrogen and oxygen atoms in total. The molecule has 11 heteroatoms. The zero-order valence-corrected chi connectivity index (χ0v) is 26.1. The van der Waals surface area contributed by atoms with Gasteiger partial charge in [-0.05, 0) is 42.5 Å². The van der Waals surface area contributed by atoms with Crippen LogP contribution in [0.25, 0.3) is 33.5 Å². The Labute approximate surface area is 261 Å². The van der Waals surface area contributed by atoms with E-state index in [9.17, 15) is 9.59 Å². The molecular weight excluding hydrogens is 568 g/mol. The lowest BCUT2D eigenvalue weighted by Crippen LogP contribution is -2.47. The zero-order chi connectivity index (χ0) is 31.1. The third-order valence-electron chi connectivity index (χ3n) is 10.4. The molecule has 3 atom stereocenters. The Morgan fingerprint density at radius 2 is 1.89 bits per heavy atom. The van der Waals surface area contributed by atoms with Gasteiger partial charge in [-0.15, -0.1) is 0 Å². The van der Waals surface area contributed by atoms with Crippen LogP contribution in [-0.2, 0) is 25.4 Å². The van der Waals surface area contributed by atoms with Crippen molar-refractivity contribution in [1.29, 1.82) is 0 Å². The van der Waals surface area contributed by atoms with Crippen LogP contribution >= 0.6 is 0 Å². The monoisotopic (exact) mass is 606 g/mol. The number of methoxy groups -OCH3 is 1. The fraction of sp³-hybridized carbons (Fsp3) is 0.412. The molecule has 2 bridgehead atoms. The lowest BCUT2D eigenvalue weighted by molar-refractivity contribution is -0.133. The third-order valence-corrected chi connectivity index (χ3v) is 10.4. The number of para-hydroxylation sites is 1. The summed E-state index contributed by atoms with van der Waals surface area (Å²) in [5.74, 6) is 2.14. The van der Waals surface area contributed by atoms with E-state index >= 15 is 0 Å². The van der Waals surface area contributed by atoms with Crippen LogP contribution in [0.5, 0.6) is 5.75 Å². The van der Waals surface area contributed by atoms with Crippen LogP contribution in [0.15, 0.2) is 48.8 Å². The van der Waals surface area contributed by atoms with Gasteiger partial charge in [0.2, 0.25) is 5.91 Å². The highest BCUT2D eigenvalue weighted by Gasteiger charge is 2.47. The molecular formula is C34H38N8O3. The standard InChI is InChI=1S/C34H38N8O3/c1-19(43)40-16-24(17-40)25-7-5-6-21-11-28(39(3)31(21)25)33-37-26-10-23(34(44)41-18-22-8-9-27(41)30(22)35)12-29(45-4)32(26)42(33)15-20-13-36-38(2)14-20/h5-7,10-14,22,24,27,30H,8-9,15-18,35H2,1-4H3/t22-,27-,30-/m1/s1. The molecule has 232 valence electrons. The summed E-state index contributed by atoms with van der Waals surface area (Å²) in [6.45, 7) is 4.31. The van der Waals surface area contributed by atoms with Crippen LogP contribution in [-0.4, -0.2) is 84.3 Å². The van der Waals surface area contributed by atoms with E-state index in [0.717, 1.165) is 59.4 Å². The maximum atomic E-state index is 13.9. The first-order chi connectivity index (χ1) is 21.7. The Balaban J connectivity index is 1.27. The van der Waals surface area contributed by atoms with E-state index in [1.54, 1.807) is 18.7 Å². The van der Waals surface area contributed by atoms with Gasteiger partial charge in [0, 0.05) is 81.4 Å². The van der Waals surface area contributed by atoms with Gasteiger partial charge in [0.15, 0.2) is 5.82 Å². The Bertz CT molecular complexity index is 2000. The highest BCUT2D eigenvalue weighted by Crippen LogP contribution is 2.40. The number of fused-ring (bicyclic) bond motifs is 4. The first kappa shape index (κ1) is 27.9.